The van der Waals surface area contributed by atoms with Gasteiger partial charge in [0, 0.05) is 11.8 Å². The molecule has 2 aliphatic carbocycles. The van der Waals surface area contributed by atoms with Gasteiger partial charge >= 0.3 is 0 Å². The van der Waals surface area contributed by atoms with Gasteiger partial charge in [-0.05, 0) is 32.1 Å². The highest BCUT2D eigenvalue weighted by molar-refractivity contribution is 5.78. The maximum atomic E-state index is 12.0. The first-order valence-electron chi connectivity index (χ1n) is 7.50. The van der Waals surface area contributed by atoms with Crippen molar-refractivity contribution < 1.29 is 14.4 Å². The molecule has 0 unspecified atom stereocenters. The summed E-state index contributed by atoms with van der Waals surface area (Å²) >= 11 is 0. The highest BCUT2D eigenvalue weighted by Gasteiger charge is 2.27. The summed E-state index contributed by atoms with van der Waals surface area (Å²) in [6.45, 7) is 0.307. The van der Waals surface area contributed by atoms with Gasteiger partial charge in [-0.3, -0.25) is 4.79 Å². The van der Waals surface area contributed by atoms with Crippen LogP contribution < -0.4 is 5.32 Å². The van der Waals surface area contributed by atoms with Gasteiger partial charge in [-0.1, -0.05) is 18.0 Å². The Kier molecular flexibility index (Phi) is 4.00. The summed E-state index contributed by atoms with van der Waals surface area (Å²) in [6.07, 6.45) is 6.25. The molecular formula is C14H21N3O3. The minimum atomic E-state index is -0.338. The van der Waals surface area contributed by atoms with Crippen molar-refractivity contribution in [2.75, 3.05) is 0 Å². The van der Waals surface area contributed by atoms with Crippen LogP contribution in [0.5, 0.6) is 0 Å². The molecule has 110 valence electrons. The van der Waals surface area contributed by atoms with Gasteiger partial charge in [0.15, 0.2) is 5.82 Å². The summed E-state index contributed by atoms with van der Waals surface area (Å²) in [5, 5.41) is 16.3. The molecule has 2 fully saturated rings. The topological polar surface area (TPSA) is 88.3 Å². The van der Waals surface area contributed by atoms with Crippen molar-refractivity contribution in [3.05, 3.63) is 11.7 Å². The highest BCUT2D eigenvalue weighted by Crippen LogP contribution is 2.35. The Labute approximate surface area is 117 Å². The third-order valence-electron chi connectivity index (χ3n) is 4.38. The van der Waals surface area contributed by atoms with E-state index in [4.69, 9.17) is 4.52 Å². The molecule has 2 atom stereocenters. The van der Waals surface area contributed by atoms with Crippen molar-refractivity contribution in [1.82, 2.24) is 15.5 Å². The summed E-state index contributed by atoms with van der Waals surface area (Å²) in [6, 6.07) is 0. The van der Waals surface area contributed by atoms with E-state index in [9.17, 15) is 9.90 Å². The predicted octanol–water partition coefficient (Wildman–Crippen LogP) is 1.50. The van der Waals surface area contributed by atoms with E-state index in [1.54, 1.807) is 0 Å². The van der Waals surface area contributed by atoms with Crippen molar-refractivity contribution >= 4 is 5.91 Å². The average Bonchev–Trinajstić information content (AvgIpc) is 2.82. The number of amides is 1. The van der Waals surface area contributed by atoms with Crippen molar-refractivity contribution in [3.63, 3.8) is 0 Å². The minimum absolute atomic E-state index is 0.0151. The number of carbonyl (C=O) groups is 1. The Hall–Kier alpha value is -1.43. The van der Waals surface area contributed by atoms with Gasteiger partial charge in [-0.25, -0.2) is 0 Å². The minimum Gasteiger partial charge on any atom is -0.393 e. The molecule has 0 bridgehead atoms. The molecule has 1 aromatic heterocycles. The molecular weight excluding hydrogens is 258 g/mol. The fourth-order valence-corrected chi connectivity index (χ4v) is 2.87. The Bertz CT molecular complexity index is 470. The molecule has 0 aliphatic heterocycles. The van der Waals surface area contributed by atoms with Crippen molar-refractivity contribution in [2.45, 2.75) is 63.5 Å². The summed E-state index contributed by atoms with van der Waals surface area (Å²) in [5.41, 5.74) is 0. The summed E-state index contributed by atoms with van der Waals surface area (Å²) in [4.78, 5) is 16.3. The SMILES string of the molecule is O=C(NCc1noc(C2CCC2)n1)[C@@H]1CCC[C@H](O)C1. The molecule has 2 N–H and O–H groups in total. The Balaban J connectivity index is 1.48. The van der Waals surface area contributed by atoms with Crippen LogP contribution in [0.4, 0.5) is 0 Å². The number of nitrogens with one attached hydrogen (secondary N) is 1. The molecule has 0 aromatic carbocycles. The largest absolute Gasteiger partial charge is 0.393 e. The molecule has 0 radical (unpaired) electrons. The molecule has 0 spiro atoms. The third-order valence-corrected chi connectivity index (χ3v) is 4.38. The number of aliphatic hydroxyl groups is 1. The lowest BCUT2D eigenvalue weighted by Crippen LogP contribution is -2.35. The summed E-state index contributed by atoms with van der Waals surface area (Å²) < 4.78 is 5.21. The monoisotopic (exact) mass is 279 g/mol. The van der Waals surface area contributed by atoms with E-state index in [0.29, 0.717) is 30.6 Å². The fraction of sp³-hybridized carbons (Fsp3) is 0.786. The van der Waals surface area contributed by atoms with Crippen molar-refractivity contribution in [2.24, 2.45) is 5.92 Å². The second kappa shape index (κ2) is 5.91. The standard InChI is InChI=1S/C14H21N3O3/c18-11-6-2-5-10(7-11)13(19)15-8-12-16-14(20-17-12)9-3-1-4-9/h9-11,18H,1-8H2,(H,15,19)/t10-,11+/m1/s1. The summed E-state index contributed by atoms with van der Waals surface area (Å²) in [5.74, 6) is 1.56. The smallest absolute Gasteiger partial charge is 0.229 e. The second-order valence-corrected chi connectivity index (χ2v) is 5.91. The first-order chi connectivity index (χ1) is 9.72. The second-order valence-electron chi connectivity index (χ2n) is 5.91. The van der Waals surface area contributed by atoms with Crippen molar-refractivity contribution in [1.29, 1.82) is 0 Å². The first kappa shape index (κ1) is 13.5. The van der Waals surface area contributed by atoms with Gasteiger partial charge in [0.1, 0.15) is 0 Å². The number of carbonyl (C=O) groups excluding carboxylic acids is 1. The van der Waals surface area contributed by atoms with Gasteiger partial charge in [0.25, 0.3) is 0 Å². The van der Waals surface area contributed by atoms with E-state index in [2.05, 4.69) is 15.5 Å². The van der Waals surface area contributed by atoms with Crippen LogP contribution >= 0.6 is 0 Å². The number of hydrogen-bond donors (Lipinski definition) is 2. The Morgan fingerprint density at radius 3 is 2.80 bits per heavy atom. The quantitative estimate of drug-likeness (QED) is 0.872. The Morgan fingerprint density at radius 1 is 1.30 bits per heavy atom. The number of aromatic nitrogens is 2. The highest BCUT2D eigenvalue weighted by atomic mass is 16.5. The number of aliphatic hydroxyl groups excluding tert-OH is 1. The van der Waals surface area contributed by atoms with Gasteiger partial charge in [0.2, 0.25) is 11.8 Å². The van der Waals surface area contributed by atoms with E-state index in [1.165, 1.54) is 6.42 Å². The maximum Gasteiger partial charge on any atom is 0.229 e. The van der Waals surface area contributed by atoms with Crippen LogP contribution in [-0.4, -0.2) is 27.3 Å². The van der Waals surface area contributed by atoms with E-state index < -0.39 is 0 Å². The molecule has 20 heavy (non-hydrogen) atoms. The van der Waals surface area contributed by atoms with E-state index >= 15 is 0 Å². The lowest BCUT2D eigenvalue weighted by molar-refractivity contribution is -0.127. The third kappa shape index (κ3) is 3.00. The van der Waals surface area contributed by atoms with E-state index in [1.807, 2.05) is 0 Å². The first-order valence-corrected chi connectivity index (χ1v) is 7.50. The maximum absolute atomic E-state index is 12.0. The molecule has 1 aromatic rings. The molecule has 6 heteroatoms. The summed E-state index contributed by atoms with van der Waals surface area (Å²) in [7, 11) is 0. The number of rotatable bonds is 4. The zero-order valence-corrected chi connectivity index (χ0v) is 11.5. The van der Waals surface area contributed by atoms with Crippen LogP contribution in [0.2, 0.25) is 0 Å². The molecule has 3 rings (SSSR count). The van der Waals surface area contributed by atoms with Crippen LogP contribution in [0.15, 0.2) is 4.52 Å². The molecule has 2 saturated carbocycles. The lowest BCUT2D eigenvalue weighted by Gasteiger charge is -2.24. The van der Waals surface area contributed by atoms with Crippen LogP contribution in [0, 0.1) is 5.92 Å². The van der Waals surface area contributed by atoms with E-state index in [-0.39, 0.29) is 17.9 Å². The zero-order chi connectivity index (χ0) is 13.9. The number of nitrogens with zero attached hydrogens (tertiary/aromatic N) is 2. The Morgan fingerprint density at radius 2 is 2.10 bits per heavy atom. The molecule has 0 saturated heterocycles. The van der Waals surface area contributed by atoms with Gasteiger partial charge < -0.3 is 14.9 Å². The van der Waals surface area contributed by atoms with Crippen LogP contribution in [0.25, 0.3) is 0 Å². The van der Waals surface area contributed by atoms with E-state index in [0.717, 1.165) is 32.1 Å². The average molecular weight is 279 g/mol. The molecule has 1 amide bonds. The molecule has 6 nitrogen and oxygen atoms in total. The fourth-order valence-electron chi connectivity index (χ4n) is 2.87. The van der Waals surface area contributed by atoms with Gasteiger partial charge in [0.05, 0.1) is 12.6 Å². The van der Waals surface area contributed by atoms with Gasteiger partial charge in [-0.15, -0.1) is 0 Å². The molecule has 2 aliphatic rings. The van der Waals surface area contributed by atoms with Gasteiger partial charge in [-0.2, -0.15) is 4.98 Å². The van der Waals surface area contributed by atoms with Crippen molar-refractivity contribution in [3.8, 4) is 0 Å². The number of hydrogen-bond acceptors (Lipinski definition) is 5. The molecule has 1 heterocycles. The predicted molar refractivity (Wildman–Crippen MR) is 70.7 cm³/mol. The van der Waals surface area contributed by atoms with Crippen LogP contribution in [-0.2, 0) is 11.3 Å². The zero-order valence-electron chi connectivity index (χ0n) is 11.5. The van der Waals surface area contributed by atoms with Crippen LogP contribution in [0.3, 0.4) is 0 Å². The normalized spacial score (nSPS) is 27.1. The van der Waals surface area contributed by atoms with Crippen LogP contribution in [0.1, 0.15) is 62.6 Å². The lowest BCUT2D eigenvalue weighted by atomic mass is 9.85.